The molecular weight excluding hydrogens is 274 g/mol. The van der Waals surface area contributed by atoms with E-state index in [1.54, 1.807) is 33.3 Å². The Kier molecular flexibility index (Phi) is 5.09. The van der Waals surface area contributed by atoms with Gasteiger partial charge in [-0.15, -0.1) is 0 Å². The van der Waals surface area contributed by atoms with Crippen molar-refractivity contribution < 1.29 is 29.4 Å². The number of hydrogen-bond donors (Lipinski definition) is 3. The number of aliphatic hydroxyl groups is 1. The van der Waals surface area contributed by atoms with Gasteiger partial charge in [0.1, 0.15) is 12.3 Å². The van der Waals surface area contributed by atoms with Crippen molar-refractivity contribution >= 4 is 11.8 Å². The molecule has 1 aromatic rings. The number of ketones is 1. The maximum atomic E-state index is 12.3. The molecule has 0 aliphatic heterocycles. The molecule has 0 saturated carbocycles. The number of benzene rings is 1. The Morgan fingerprint density at radius 1 is 1.14 bits per heavy atom. The summed E-state index contributed by atoms with van der Waals surface area (Å²) in [5, 5.41) is 28.7. The fraction of sp³-hybridized carbons (Fsp3) is 0.467. The second kappa shape index (κ2) is 6.24. The molecule has 0 amide bonds. The average Bonchev–Trinajstić information content (AvgIpc) is 2.28. The van der Waals surface area contributed by atoms with Gasteiger partial charge in [-0.1, -0.05) is 12.1 Å². The first kappa shape index (κ1) is 17.1. The van der Waals surface area contributed by atoms with E-state index < -0.39 is 23.8 Å². The Morgan fingerprint density at radius 2 is 1.67 bits per heavy atom. The van der Waals surface area contributed by atoms with Gasteiger partial charge in [-0.05, 0) is 17.7 Å². The third-order valence-electron chi connectivity index (χ3n) is 3.00. The lowest BCUT2D eigenvalue weighted by Crippen LogP contribution is -2.55. The topological polar surface area (TPSA) is 94.8 Å². The number of aromatic hydroxyl groups is 1. The number of carbonyl (C=O) groups excluding carboxylic acids is 1. The Labute approximate surface area is 123 Å². The number of carboxylic acids is 1. The quantitative estimate of drug-likeness (QED) is 0.634. The van der Waals surface area contributed by atoms with Gasteiger partial charge in [-0.3, -0.25) is 9.59 Å². The Balaban J connectivity index is 2.94. The van der Waals surface area contributed by atoms with E-state index in [0.717, 1.165) is 0 Å². The molecule has 0 aliphatic carbocycles. The van der Waals surface area contributed by atoms with Crippen molar-refractivity contribution in [3.05, 3.63) is 29.8 Å². The molecule has 0 bridgehead atoms. The summed E-state index contributed by atoms with van der Waals surface area (Å²) in [6.07, 6.45) is -0.705. The molecule has 116 valence electrons. The summed E-state index contributed by atoms with van der Waals surface area (Å²) < 4.78 is 0.269. The number of aliphatic carboxylic acids is 1. The largest absolute Gasteiger partial charge is 0.508 e. The third kappa shape index (κ3) is 5.53. The minimum Gasteiger partial charge on any atom is -0.508 e. The lowest BCUT2D eigenvalue weighted by molar-refractivity contribution is -0.875. The molecule has 1 unspecified atom stereocenters. The molecule has 0 heterocycles. The molecule has 0 spiro atoms. The van der Waals surface area contributed by atoms with Gasteiger partial charge in [0, 0.05) is 6.42 Å². The van der Waals surface area contributed by atoms with Crippen LogP contribution in [0, 0.1) is 0 Å². The van der Waals surface area contributed by atoms with E-state index in [4.69, 9.17) is 5.11 Å². The van der Waals surface area contributed by atoms with Gasteiger partial charge in [0.25, 0.3) is 0 Å². The minimum absolute atomic E-state index is 0.0101. The van der Waals surface area contributed by atoms with E-state index in [1.165, 1.54) is 12.1 Å². The van der Waals surface area contributed by atoms with E-state index in [1.807, 2.05) is 0 Å². The second-order valence-electron chi connectivity index (χ2n) is 6.32. The fourth-order valence-electron chi connectivity index (χ4n) is 2.24. The first-order valence-electron chi connectivity index (χ1n) is 6.58. The van der Waals surface area contributed by atoms with Crippen LogP contribution >= 0.6 is 0 Å². The number of likely N-dealkylation sites (N-methyl/N-ethyl adjacent to an activating group) is 1. The van der Waals surface area contributed by atoms with Crippen molar-refractivity contribution in [2.45, 2.75) is 18.4 Å². The fourth-order valence-corrected chi connectivity index (χ4v) is 2.24. The zero-order chi connectivity index (χ0) is 16.3. The molecule has 0 fully saturated rings. The maximum absolute atomic E-state index is 12.3. The molecule has 0 radical (unpaired) electrons. The molecule has 6 nitrogen and oxygen atoms in total. The van der Waals surface area contributed by atoms with Gasteiger partial charge in [0.15, 0.2) is 11.4 Å². The number of quaternary nitrogens is 1. The van der Waals surface area contributed by atoms with E-state index in [2.05, 4.69) is 0 Å². The monoisotopic (exact) mass is 296 g/mol. The van der Waals surface area contributed by atoms with Gasteiger partial charge < -0.3 is 19.8 Å². The van der Waals surface area contributed by atoms with E-state index in [9.17, 15) is 19.8 Å². The van der Waals surface area contributed by atoms with Crippen molar-refractivity contribution in [1.82, 2.24) is 0 Å². The Morgan fingerprint density at radius 3 is 2.10 bits per heavy atom. The van der Waals surface area contributed by atoms with Gasteiger partial charge in [-0.2, -0.15) is 0 Å². The van der Waals surface area contributed by atoms with Crippen LogP contribution in [0.1, 0.15) is 12.0 Å². The van der Waals surface area contributed by atoms with Crippen LogP contribution in [-0.2, 0) is 16.0 Å². The van der Waals surface area contributed by atoms with Crippen molar-refractivity contribution in [2.24, 2.45) is 0 Å². The van der Waals surface area contributed by atoms with Crippen LogP contribution in [0.4, 0.5) is 0 Å². The summed E-state index contributed by atoms with van der Waals surface area (Å²) in [6.45, 7) is 0.0101. The zero-order valence-electron chi connectivity index (χ0n) is 12.5. The van der Waals surface area contributed by atoms with Crippen LogP contribution in [0.5, 0.6) is 5.75 Å². The van der Waals surface area contributed by atoms with Crippen LogP contribution in [0.2, 0.25) is 0 Å². The minimum atomic E-state index is -1.91. The molecule has 0 aromatic heterocycles. The lowest BCUT2D eigenvalue weighted by Gasteiger charge is -2.33. The number of nitrogens with zero attached hydrogens (tertiary/aromatic N) is 1. The number of phenolic OH excluding ortho intramolecular Hbond substituents is 1. The lowest BCUT2D eigenvalue weighted by atomic mass is 9.89. The standard InChI is InChI=1S/C15H21NO5/c1-16(2,3)10-15(21,9-14(19)20)13(18)8-11-4-6-12(17)7-5-11/h4-7,21H,8-10H2,1-3H3,(H-,17,19,20)/p+1. The van der Waals surface area contributed by atoms with Crippen molar-refractivity contribution in [1.29, 1.82) is 0 Å². The summed E-state index contributed by atoms with van der Waals surface area (Å²) in [5.74, 6) is -1.67. The number of hydrogen-bond acceptors (Lipinski definition) is 4. The SMILES string of the molecule is C[N+](C)(C)CC(O)(CC(=O)O)C(=O)Cc1ccc(O)cc1. The maximum Gasteiger partial charge on any atom is 0.306 e. The van der Waals surface area contributed by atoms with Gasteiger partial charge in [0.05, 0.1) is 27.6 Å². The summed E-state index contributed by atoms with van der Waals surface area (Å²) in [7, 11) is 5.34. The number of Topliss-reactive ketones (excluding diaryl/α,β-unsaturated/α-hetero) is 1. The van der Waals surface area contributed by atoms with Gasteiger partial charge in [-0.25, -0.2) is 0 Å². The number of carbonyl (C=O) groups is 2. The van der Waals surface area contributed by atoms with Crippen LogP contribution in [0.3, 0.4) is 0 Å². The molecule has 3 N–H and O–H groups in total. The van der Waals surface area contributed by atoms with E-state index in [-0.39, 0.29) is 23.2 Å². The highest BCUT2D eigenvalue weighted by Gasteiger charge is 2.42. The van der Waals surface area contributed by atoms with Gasteiger partial charge >= 0.3 is 5.97 Å². The third-order valence-corrected chi connectivity index (χ3v) is 3.00. The molecule has 1 aromatic carbocycles. The number of rotatable bonds is 7. The predicted octanol–water partition coefficient (Wildman–Crippen LogP) is 0.416. The molecule has 6 heteroatoms. The predicted molar refractivity (Wildman–Crippen MR) is 76.9 cm³/mol. The normalized spacial score (nSPS) is 14.5. The smallest absolute Gasteiger partial charge is 0.306 e. The van der Waals surface area contributed by atoms with Gasteiger partial charge in [0.2, 0.25) is 0 Å². The van der Waals surface area contributed by atoms with E-state index >= 15 is 0 Å². The van der Waals surface area contributed by atoms with Crippen molar-refractivity contribution in [3.63, 3.8) is 0 Å². The number of phenols is 1. The van der Waals surface area contributed by atoms with Crippen LogP contribution in [0.15, 0.2) is 24.3 Å². The molecule has 0 saturated heterocycles. The highest BCUT2D eigenvalue weighted by molar-refractivity contribution is 5.92. The zero-order valence-corrected chi connectivity index (χ0v) is 12.5. The second-order valence-corrected chi connectivity index (χ2v) is 6.32. The summed E-state index contributed by atoms with van der Waals surface area (Å²) in [5.41, 5.74) is -1.30. The van der Waals surface area contributed by atoms with Crippen molar-refractivity contribution in [2.75, 3.05) is 27.7 Å². The summed E-state index contributed by atoms with van der Waals surface area (Å²) >= 11 is 0. The van der Waals surface area contributed by atoms with Crippen LogP contribution in [-0.4, -0.2) is 64.8 Å². The molecule has 21 heavy (non-hydrogen) atoms. The first-order valence-corrected chi connectivity index (χ1v) is 6.58. The Bertz CT molecular complexity index is 518. The average molecular weight is 296 g/mol. The van der Waals surface area contributed by atoms with Crippen LogP contribution < -0.4 is 0 Å². The molecular formula is C15H22NO5+. The first-order chi connectivity index (χ1) is 9.52. The number of carboxylic acid groups (broad SMARTS) is 1. The Hall–Kier alpha value is -1.92. The molecule has 1 rings (SSSR count). The van der Waals surface area contributed by atoms with E-state index in [0.29, 0.717) is 5.56 Å². The molecule has 1 atom stereocenters. The highest BCUT2D eigenvalue weighted by Crippen LogP contribution is 2.19. The molecule has 0 aliphatic rings. The summed E-state index contributed by atoms with van der Waals surface area (Å²) in [6, 6.07) is 6.03. The van der Waals surface area contributed by atoms with Crippen molar-refractivity contribution in [3.8, 4) is 5.75 Å². The highest BCUT2D eigenvalue weighted by atomic mass is 16.4. The van der Waals surface area contributed by atoms with Crippen LogP contribution in [0.25, 0.3) is 0 Å². The summed E-state index contributed by atoms with van der Waals surface area (Å²) in [4.78, 5) is 23.3.